The summed E-state index contributed by atoms with van der Waals surface area (Å²) < 4.78 is 48.2. The zero-order chi connectivity index (χ0) is 28.6. The van der Waals surface area contributed by atoms with Crippen LogP contribution in [0.15, 0.2) is 73.6 Å². The van der Waals surface area contributed by atoms with E-state index < -0.39 is 12.6 Å². The van der Waals surface area contributed by atoms with Crippen molar-refractivity contribution < 1.29 is 22.7 Å². The number of aromatic nitrogens is 5. The summed E-state index contributed by atoms with van der Waals surface area (Å²) in [4.78, 5) is 21.0. The summed E-state index contributed by atoms with van der Waals surface area (Å²) in [6, 6.07) is 16.3. The van der Waals surface area contributed by atoms with Crippen molar-refractivity contribution in [2.75, 3.05) is 11.9 Å². The van der Waals surface area contributed by atoms with Gasteiger partial charge in [0.1, 0.15) is 36.0 Å². The van der Waals surface area contributed by atoms with Gasteiger partial charge in [-0.05, 0) is 67.8 Å². The van der Waals surface area contributed by atoms with Gasteiger partial charge in [0.05, 0.1) is 23.3 Å². The Bertz CT molecular complexity index is 1690. The highest BCUT2D eigenvalue weighted by atomic mass is 19.4. The van der Waals surface area contributed by atoms with Gasteiger partial charge >= 0.3 is 6.18 Å². The molecular weight excluding hydrogens is 535 g/mol. The lowest BCUT2D eigenvalue weighted by molar-refractivity contribution is -0.131. The molecule has 12 heteroatoms. The van der Waals surface area contributed by atoms with E-state index in [1.165, 1.54) is 6.33 Å². The Kier molecular flexibility index (Phi) is 6.82. The van der Waals surface area contributed by atoms with Crippen LogP contribution in [0.2, 0.25) is 0 Å². The predicted molar refractivity (Wildman–Crippen MR) is 147 cm³/mol. The van der Waals surface area contributed by atoms with Crippen LogP contribution < -0.4 is 15.4 Å². The largest absolute Gasteiger partial charge is 0.457 e. The molecule has 210 valence electrons. The number of hydrogen-bond donors (Lipinski definition) is 2. The van der Waals surface area contributed by atoms with Crippen LogP contribution in [-0.4, -0.2) is 49.0 Å². The molecule has 1 fully saturated rings. The van der Waals surface area contributed by atoms with Gasteiger partial charge in [0, 0.05) is 36.0 Å². The minimum absolute atomic E-state index is 0.103. The predicted octanol–water partition coefficient (Wildman–Crippen LogP) is 5.96. The fraction of sp³-hybridized carbons (Fsp3) is 0.241. The standard InChI is InChI=1S/C29H26F3N7O2/c1-18-12-21(6-9-24(18)28(40)37-19-2-3-19)38-17-35-27-25(34-11-10-29(30,31)32)13-23(14-26(27)38)41-22-7-4-20(5-8-22)39-16-33-15-36-39/h4-9,12-17,19,34H,2-3,10-11H2,1H3,(H,37,40). The number of nitrogens with one attached hydrogen (secondary N) is 2. The van der Waals surface area contributed by atoms with E-state index in [1.54, 1.807) is 47.7 Å². The van der Waals surface area contributed by atoms with Gasteiger partial charge < -0.3 is 15.4 Å². The molecule has 41 heavy (non-hydrogen) atoms. The molecule has 0 atom stereocenters. The van der Waals surface area contributed by atoms with Gasteiger partial charge in [0.2, 0.25) is 0 Å². The summed E-state index contributed by atoms with van der Waals surface area (Å²) in [5.41, 5.74) is 4.48. The molecule has 0 spiro atoms. The molecule has 2 heterocycles. The van der Waals surface area contributed by atoms with Crippen LogP contribution in [0, 0.1) is 6.92 Å². The van der Waals surface area contributed by atoms with Gasteiger partial charge in [-0.2, -0.15) is 18.3 Å². The van der Waals surface area contributed by atoms with E-state index in [0.29, 0.717) is 33.8 Å². The topological polar surface area (TPSA) is 98.9 Å². The molecule has 0 unspecified atom stereocenters. The average molecular weight is 562 g/mol. The number of carbonyl (C=O) groups excluding carboxylic acids is 1. The molecule has 0 aliphatic heterocycles. The molecule has 9 nitrogen and oxygen atoms in total. The molecule has 2 aromatic heterocycles. The Morgan fingerprint density at radius 1 is 1.02 bits per heavy atom. The Hall–Kier alpha value is -4.87. The smallest absolute Gasteiger partial charge is 0.390 e. The molecular formula is C29H26F3N7O2. The van der Waals surface area contributed by atoms with Crippen LogP contribution in [0.5, 0.6) is 11.5 Å². The van der Waals surface area contributed by atoms with Crippen molar-refractivity contribution in [3.63, 3.8) is 0 Å². The number of alkyl halides is 3. The number of amides is 1. The van der Waals surface area contributed by atoms with Gasteiger partial charge in [-0.25, -0.2) is 14.6 Å². The summed E-state index contributed by atoms with van der Waals surface area (Å²) in [5.74, 6) is 0.843. The lowest BCUT2D eigenvalue weighted by Gasteiger charge is -2.14. The third-order valence-corrected chi connectivity index (χ3v) is 6.75. The van der Waals surface area contributed by atoms with Gasteiger partial charge in [-0.3, -0.25) is 9.36 Å². The number of rotatable bonds is 9. The molecule has 3 aromatic carbocycles. The second kappa shape index (κ2) is 10.6. The fourth-order valence-corrected chi connectivity index (χ4v) is 4.52. The first-order valence-corrected chi connectivity index (χ1v) is 13.1. The quantitative estimate of drug-likeness (QED) is 0.230. The maximum Gasteiger partial charge on any atom is 0.390 e. The minimum Gasteiger partial charge on any atom is -0.457 e. The highest BCUT2D eigenvalue weighted by Crippen LogP contribution is 2.34. The average Bonchev–Trinajstić information content (AvgIpc) is 3.39. The highest BCUT2D eigenvalue weighted by molar-refractivity contribution is 5.96. The summed E-state index contributed by atoms with van der Waals surface area (Å²) in [7, 11) is 0. The van der Waals surface area contributed by atoms with E-state index >= 15 is 0 Å². The van der Waals surface area contributed by atoms with E-state index in [-0.39, 0.29) is 18.5 Å². The molecule has 0 bridgehead atoms. The number of anilines is 1. The first-order chi connectivity index (χ1) is 19.7. The molecule has 2 N–H and O–H groups in total. The molecule has 6 rings (SSSR count). The van der Waals surface area contributed by atoms with Crippen LogP contribution in [0.4, 0.5) is 18.9 Å². The second-order valence-electron chi connectivity index (χ2n) is 9.93. The van der Waals surface area contributed by atoms with Gasteiger partial charge in [-0.15, -0.1) is 0 Å². The summed E-state index contributed by atoms with van der Waals surface area (Å²) in [6.07, 6.45) is 1.34. The Labute approximate surface area is 233 Å². The van der Waals surface area contributed by atoms with E-state index in [4.69, 9.17) is 4.74 Å². The Morgan fingerprint density at radius 2 is 1.80 bits per heavy atom. The second-order valence-corrected chi connectivity index (χ2v) is 9.93. The molecule has 1 amide bonds. The van der Waals surface area contributed by atoms with Crippen molar-refractivity contribution in [3.8, 4) is 22.9 Å². The van der Waals surface area contributed by atoms with Crippen molar-refractivity contribution in [2.24, 2.45) is 0 Å². The number of halogens is 3. The summed E-state index contributed by atoms with van der Waals surface area (Å²) in [6.45, 7) is 1.55. The number of benzene rings is 3. The number of imidazole rings is 1. The van der Waals surface area contributed by atoms with E-state index in [0.717, 1.165) is 29.8 Å². The van der Waals surface area contributed by atoms with E-state index in [9.17, 15) is 18.0 Å². The van der Waals surface area contributed by atoms with Crippen LogP contribution in [0.3, 0.4) is 0 Å². The van der Waals surface area contributed by atoms with Gasteiger partial charge in [-0.1, -0.05) is 0 Å². The lowest BCUT2D eigenvalue weighted by Crippen LogP contribution is -2.26. The highest BCUT2D eigenvalue weighted by Gasteiger charge is 2.27. The monoisotopic (exact) mass is 561 g/mol. The number of carbonyl (C=O) groups is 1. The molecule has 5 aromatic rings. The van der Waals surface area contributed by atoms with Crippen LogP contribution >= 0.6 is 0 Å². The fourth-order valence-electron chi connectivity index (χ4n) is 4.52. The first-order valence-electron chi connectivity index (χ1n) is 13.1. The molecule has 1 saturated carbocycles. The van der Waals surface area contributed by atoms with Crippen molar-refractivity contribution in [2.45, 2.75) is 38.4 Å². The third kappa shape index (κ3) is 6.01. The third-order valence-electron chi connectivity index (χ3n) is 6.75. The maximum atomic E-state index is 12.9. The molecule has 1 aliphatic carbocycles. The van der Waals surface area contributed by atoms with Crippen molar-refractivity contribution >= 4 is 22.6 Å². The van der Waals surface area contributed by atoms with E-state index in [2.05, 4.69) is 25.7 Å². The number of ether oxygens (including phenoxy) is 1. The SMILES string of the molecule is Cc1cc(-n2cnc3c(NCCC(F)(F)F)cc(Oc4ccc(-n5cncn5)cc4)cc32)ccc1C(=O)NC1CC1. The van der Waals surface area contributed by atoms with Gasteiger partial charge in [0.15, 0.2) is 0 Å². The number of aryl methyl sites for hydroxylation is 1. The van der Waals surface area contributed by atoms with Crippen LogP contribution in [0.1, 0.15) is 35.2 Å². The van der Waals surface area contributed by atoms with Crippen molar-refractivity contribution in [3.05, 3.63) is 84.7 Å². The van der Waals surface area contributed by atoms with Crippen molar-refractivity contribution in [1.82, 2.24) is 29.6 Å². The van der Waals surface area contributed by atoms with Crippen molar-refractivity contribution in [1.29, 1.82) is 0 Å². The molecule has 0 radical (unpaired) electrons. The normalized spacial score (nSPS) is 13.4. The Balaban J connectivity index is 1.33. The zero-order valence-electron chi connectivity index (χ0n) is 22.0. The van der Waals surface area contributed by atoms with Gasteiger partial charge in [0.25, 0.3) is 5.91 Å². The number of fused-ring (bicyclic) bond motifs is 1. The zero-order valence-corrected chi connectivity index (χ0v) is 22.0. The summed E-state index contributed by atoms with van der Waals surface area (Å²) in [5, 5.41) is 9.98. The number of nitrogens with zero attached hydrogens (tertiary/aromatic N) is 5. The lowest BCUT2D eigenvalue weighted by atomic mass is 10.1. The van der Waals surface area contributed by atoms with Crippen LogP contribution in [-0.2, 0) is 0 Å². The molecule has 1 aliphatic rings. The minimum atomic E-state index is -4.30. The summed E-state index contributed by atoms with van der Waals surface area (Å²) >= 11 is 0. The van der Waals surface area contributed by atoms with Crippen LogP contribution in [0.25, 0.3) is 22.4 Å². The number of hydrogen-bond acceptors (Lipinski definition) is 6. The molecule has 0 saturated heterocycles. The van der Waals surface area contributed by atoms with E-state index in [1.807, 2.05) is 35.8 Å². The first kappa shape index (κ1) is 26.4. The maximum absolute atomic E-state index is 12.9. The Morgan fingerprint density at radius 3 is 2.49 bits per heavy atom.